The molecule has 1 aliphatic rings. The van der Waals surface area contributed by atoms with Crippen LogP contribution in [0.5, 0.6) is 0 Å². The Morgan fingerprint density at radius 2 is 2.22 bits per heavy atom. The molecule has 0 radical (unpaired) electrons. The smallest absolute Gasteiger partial charge is 0.148 e. The lowest BCUT2D eigenvalue weighted by atomic mass is 9.99. The van der Waals surface area contributed by atoms with E-state index >= 15 is 0 Å². The van der Waals surface area contributed by atoms with Crippen molar-refractivity contribution in [2.75, 3.05) is 17.8 Å². The monoisotopic (exact) mass is 290 g/mol. The second-order valence-corrected chi connectivity index (χ2v) is 9.03. The van der Waals surface area contributed by atoms with Crippen LogP contribution in [0.2, 0.25) is 0 Å². The van der Waals surface area contributed by atoms with E-state index in [0.29, 0.717) is 17.0 Å². The lowest BCUT2D eigenvalue weighted by Crippen LogP contribution is -2.45. The predicted molar refractivity (Wildman–Crippen MR) is 76.4 cm³/mol. The van der Waals surface area contributed by atoms with Crippen molar-refractivity contribution in [3.05, 3.63) is 0 Å². The van der Waals surface area contributed by atoms with E-state index in [9.17, 15) is 13.7 Å². The van der Waals surface area contributed by atoms with Crippen LogP contribution in [0, 0.1) is 11.3 Å². The molecule has 0 bridgehead atoms. The fourth-order valence-corrected chi connectivity index (χ4v) is 4.94. The van der Waals surface area contributed by atoms with E-state index in [2.05, 4.69) is 11.4 Å². The van der Waals surface area contributed by atoms with Gasteiger partial charge in [0.15, 0.2) is 0 Å². The van der Waals surface area contributed by atoms with E-state index in [4.69, 9.17) is 0 Å². The highest BCUT2D eigenvalue weighted by Gasteiger charge is 2.39. The molecule has 1 fully saturated rings. The minimum atomic E-state index is -2.87. The number of nitrogens with zero attached hydrogens (tertiary/aromatic N) is 1. The topological polar surface area (TPSA) is 70.0 Å². The summed E-state index contributed by atoms with van der Waals surface area (Å²) in [6.07, 6.45) is 3.93. The van der Waals surface area contributed by atoms with Gasteiger partial charge in [0, 0.05) is 23.3 Å². The van der Waals surface area contributed by atoms with Gasteiger partial charge in [-0.25, -0.2) is 8.42 Å². The van der Waals surface area contributed by atoms with Crippen LogP contribution >= 0.6 is 11.8 Å². The molecule has 0 aromatic rings. The fourth-order valence-electron chi connectivity index (χ4n) is 2.33. The van der Waals surface area contributed by atoms with Crippen LogP contribution < -0.4 is 5.32 Å². The summed E-state index contributed by atoms with van der Waals surface area (Å²) in [5.74, 6) is 0.859. The number of sulfone groups is 1. The van der Waals surface area contributed by atoms with Gasteiger partial charge in [-0.2, -0.15) is 17.0 Å². The Kier molecular flexibility index (Phi) is 5.50. The van der Waals surface area contributed by atoms with Crippen LogP contribution in [0.3, 0.4) is 0 Å². The molecule has 4 nitrogen and oxygen atoms in total. The molecule has 6 heteroatoms. The van der Waals surface area contributed by atoms with Crippen molar-refractivity contribution in [3.63, 3.8) is 0 Å². The molecule has 0 heterocycles. The van der Waals surface area contributed by atoms with Gasteiger partial charge in [-0.1, -0.05) is 0 Å². The number of thioether (sulfide) groups is 1. The van der Waals surface area contributed by atoms with Crippen molar-refractivity contribution in [2.24, 2.45) is 0 Å². The summed E-state index contributed by atoms with van der Waals surface area (Å²) in [7, 11) is -2.87. The third-order valence-electron chi connectivity index (χ3n) is 3.06. The van der Waals surface area contributed by atoms with Gasteiger partial charge < -0.3 is 0 Å². The molecule has 0 aromatic heterocycles. The van der Waals surface area contributed by atoms with Gasteiger partial charge in [-0.05, 0) is 33.1 Å². The van der Waals surface area contributed by atoms with Crippen LogP contribution in [0.25, 0.3) is 0 Å². The van der Waals surface area contributed by atoms with Crippen molar-refractivity contribution < 1.29 is 8.42 Å². The molecule has 1 saturated carbocycles. The molecular weight excluding hydrogens is 268 g/mol. The Labute approximate surface area is 114 Å². The molecule has 2 atom stereocenters. The molecule has 0 spiro atoms. The largest absolute Gasteiger partial charge is 0.297 e. The zero-order chi connectivity index (χ0) is 13.8. The van der Waals surface area contributed by atoms with Crippen LogP contribution in [0.15, 0.2) is 0 Å². The first-order valence-electron chi connectivity index (χ1n) is 6.25. The molecule has 18 heavy (non-hydrogen) atoms. The van der Waals surface area contributed by atoms with Crippen LogP contribution in [-0.4, -0.2) is 43.0 Å². The summed E-state index contributed by atoms with van der Waals surface area (Å²) in [4.78, 5) is 0. The van der Waals surface area contributed by atoms with Gasteiger partial charge in [0.25, 0.3) is 0 Å². The third-order valence-corrected chi connectivity index (χ3v) is 5.57. The fraction of sp³-hybridized carbons (Fsp3) is 0.917. The summed E-state index contributed by atoms with van der Waals surface area (Å²) >= 11 is 1.69. The van der Waals surface area contributed by atoms with Crippen molar-refractivity contribution in [3.8, 4) is 6.07 Å². The first kappa shape index (κ1) is 15.8. The molecule has 1 rings (SSSR count). The van der Waals surface area contributed by atoms with E-state index in [1.807, 2.05) is 13.8 Å². The van der Waals surface area contributed by atoms with Crippen LogP contribution in [-0.2, 0) is 9.84 Å². The van der Waals surface area contributed by atoms with E-state index < -0.39 is 15.4 Å². The van der Waals surface area contributed by atoms with E-state index in [1.165, 1.54) is 6.26 Å². The number of hydrogen-bond donors (Lipinski definition) is 1. The van der Waals surface area contributed by atoms with E-state index in [0.717, 1.165) is 19.3 Å². The maximum Gasteiger partial charge on any atom is 0.148 e. The number of hydrogen-bond acceptors (Lipinski definition) is 5. The van der Waals surface area contributed by atoms with Crippen molar-refractivity contribution >= 4 is 21.6 Å². The van der Waals surface area contributed by atoms with Crippen LogP contribution in [0.1, 0.15) is 33.1 Å². The number of rotatable bonds is 6. The SMILES string of the molecule is CC(C)NC1(C#N)CCC(SCCS(C)(=O)=O)C1. The summed E-state index contributed by atoms with van der Waals surface area (Å²) in [5, 5.41) is 13.1. The minimum absolute atomic E-state index is 0.228. The third kappa shape index (κ3) is 5.17. The maximum atomic E-state index is 11.1. The number of nitrogens with one attached hydrogen (secondary N) is 1. The predicted octanol–water partition coefficient (Wildman–Crippen LogP) is 1.58. The zero-order valence-electron chi connectivity index (χ0n) is 11.3. The highest BCUT2D eigenvalue weighted by molar-refractivity contribution is 8.01. The van der Waals surface area contributed by atoms with Crippen molar-refractivity contribution in [1.29, 1.82) is 5.26 Å². The Morgan fingerprint density at radius 1 is 1.56 bits per heavy atom. The molecule has 1 aliphatic carbocycles. The van der Waals surface area contributed by atoms with Gasteiger partial charge in [-0.15, -0.1) is 0 Å². The van der Waals surface area contributed by atoms with Crippen molar-refractivity contribution in [1.82, 2.24) is 5.32 Å². The second kappa shape index (κ2) is 6.27. The van der Waals surface area contributed by atoms with Gasteiger partial charge in [0.05, 0.1) is 11.8 Å². The molecule has 2 unspecified atom stereocenters. The summed E-state index contributed by atoms with van der Waals surface area (Å²) < 4.78 is 22.1. The summed E-state index contributed by atoms with van der Waals surface area (Å²) in [6.45, 7) is 4.09. The quantitative estimate of drug-likeness (QED) is 0.804. The van der Waals surface area contributed by atoms with Crippen LogP contribution in [0.4, 0.5) is 0 Å². The highest BCUT2D eigenvalue weighted by Crippen LogP contribution is 2.37. The highest BCUT2D eigenvalue weighted by atomic mass is 32.2. The minimum Gasteiger partial charge on any atom is -0.297 e. The molecular formula is C12H22N2O2S2. The normalized spacial score (nSPS) is 28.5. The molecule has 0 aromatic carbocycles. The number of nitriles is 1. The molecule has 0 aliphatic heterocycles. The Bertz CT molecular complexity index is 414. The van der Waals surface area contributed by atoms with E-state index in [1.54, 1.807) is 11.8 Å². The maximum absolute atomic E-state index is 11.1. The average molecular weight is 290 g/mol. The van der Waals surface area contributed by atoms with Gasteiger partial charge in [0.2, 0.25) is 0 Å². The Hall–Kier alpha value is -0.250. The first-order chi connectivity index (χ1) is 8.26. The van der Waals surface area contributed by atoms with Crippen molar-refractivity contribution in [2.45, 2.75) is 49.9 Å². The van der Waals surface area contributed by atoms with E-state index in [-0.39, 0.29) is 5.75 Å². The summed E-state index contributed by atoms with van der Waals surface area (Å²) in [5.41, 5.74) is -0.406. The average Bonchev–Trinajstić information content (AvgIpc) is 2.59. The summed E-state index contributed by atoms with van der Waals surface area (Å²) in [6, 6.07) is 2.70. The lowest BCUT2D eigenvalue weighted by molar-refractivity contribution is 0.386. The molecule has 0 saturated heterocycles. The second-order valence-electron chi connectivity index (χ2n) is 5.36. The lowest BCUT2D eigenvalue weighted by Gasteiger charge is -2.25. The molecule has 104 valence electrons. The Balaban J connectivity index is 2.43. The van der Waals surface area contributed by atoms with Gasteiger partial charge in [0.1, 0.15) is 15.4 Å². The standard InChI is InChI=1S/C12H22N2O2S2/c1-10(2)14-12(9-13)5-4-11(8-12)17-6-7-18(3,15)16/h10-11,14H,4-8H2,1-3H3. The molecule has 1 N–H and O–H groups in total. The molecule has 0 amide bonds. The van der Waals surface area contributed by atoms with Gasteiger partial charge >= 0.3 is 0 Å². The Morgan fingerprint density at radius 3 is 2.72 bits per heavy atom. The first-order valence-corrected chi connectivity index (χ1v) is 9.35. The van der Waals surface area contributed by atoms with Gasteiger partial charge in [-0.3, -0.25) is 5.32 Å². The zero-order valence-corrected chi connectivity index (χ0v) is 12.9.